The number of carbonyl (C=O) groups is 1. The van der Waals surface area contributed by atoms with E-state index >= 15 is 0 Å². The Kier molecular flexibility index (Phi) is 13.5. The highest BCUT2D eigenvalue weighted by Gasteiger charge is 2.12. The third kappa shape index (κ3) is 9.22. The van der Waals surface area contributed by atoms with Gasteiger partial charge in [-0.05, 0) is 61.7 Å². The molecule has 1 saturated heterocycles. The second kappa shape index (κ2) is 15.8. The van der Waals surface area contributed by atoms with Crippen molar-refractivity contribution in [2.45, 2.75) is 54.0 Å². The minimum Gasteiger partial charge on any atom is -0.464 e. The van der Waals surface area contributed by atoms with E-state index in [0.717, 1.165) is 26.7 Å². The molecule has 1 aliphatic heterocycles. The van der Waals surface area contributed by atoms with Crippen LogP contribution in [0.4, 0.5) is 4.39 Å². The Labute approximate surface area is 198 Å². The number of hydrogen-bond donors (Lipinski definition) is 1. The fourth-order valence-corrected chi connectivity index (χ4v) is 3.44. The van der Waals surface area contributed by atoms with Crippen molar-refractivity contribution in [1.29, 1.82) is 0 Å². The van der Waals surface area contributed by atoms with Gasteiger partial charge in [0.1, 0.15) is 0 Å². The second-order valence-electron chi connectivity index (χ2n) is 7.23. The predicted octanol–water partition coefficient (Wildman–Crippen LogP) is 7.29. The van der Waals surface area contributed by atoms with Crippen LogP contribution in [0.5, 0.6) is 0 Å². The molecule has 180 valence electrons. The summed E-state index contributed by atoms with van der Waals surface area (Å²) in [6.45, 7) is 13.3. The van der Waals surface area contributed by atoms with E-state index in [1.165, 1.54) is 40.9 Å². The summed E-state index contributed by atoms with van der Waals surface area (Å²) < 4.78 is 17.6. The monoisotopic (exact) mass is 454 g/mol. The molecule has 3 aromatic rings. The molecule has 1 fully saturated rings. The van der Waals surface area contributed by atoms with E-state index in [0.29, 0.717) is 5.56 Å². The summed E-state index contributed by atoms with van der Waals surface area (Å²) >= 11 is 0. The molecule has 0 amide bonds. The first kappa shape index (κ1) is 28.1. The summed E-state index contributed by atoms with van der Waals surface area (Å²) in [5, 5.41) is 1.32. The maximum Gasteiger partial charge on any atom is 0.366 e. The summed E-state index contributed by atoms with van der Waals surface area (Å²) in [5.41, 5.74) is 4.40. The highest BCUT2D eigenvalue weighted by atomic mass is 19.1. The lowest BCUT2D eigenvalue weighted by Crippen LogP contribution is -2.18. The maximum atomic E-state index is 13.3. The summed E-state index contributed by atoms with van der Waals surface area (Å²) in [5.74, 6) is -1.82. The van der Waals surface area contributed by atoms with Crippen LogP contribution >= 0.6 is 0 Å². The van der Waals surface area contributed by atoms with Crippen molar-refractivity contribution in [3.05, 3.63) is 77.2 Å². The number of likely N-dealkylation sites (tertiary alicyclic amines) is 1. The van der Waals surface area contributed by atoms with Crippen LogP contribution in [0.15, 0.2) is 60.6 Å². The fraction of sp³-hybridized carbons (Fsp3) is 0.393. The quantitative estimate of drug-likeness (QED) is 0.332. The van der Waals surface area contributed by atoms with E-state index in [-0.39, 0.29) is 0 Å². The highest BCUT2D eigenvalue weighted by molar-refractivity contribution is 5.91. The third-order valence-corrected chi connectivity index (χ3v) is 5.05. The van der Waals surface area contributed by atoms with Crippen LogP contribution in [-0.2, 0) is 16.1 Å². The number of halogens is 1. The largest absolute Gasteiger partial charge is 0.464 e. The van der Waals surface area contributed by atoms with Crippen molar-refractivity contribution in [2.75, 3.05) is 20.2 Å². The number of H-pyrrole nitrogens is 1. The molecule has 2 aromatic carbocycles. The Morgan fingerprint density at radius 2 is 1.64 bits per heavy atom. The van der Waals surface area contributed by atoms with Crippen molar-refractivity contribution < 1.29 is 13.9 Å². The van der Waals surface area contributed by atoms with Gasteiger partial charge in [0.2, 0.25) is 5.83 Å². The number of benzene rings is 2. The van der Waals surface area contributed by atoms with Gasteiger partial charge >= 0.3 is 5.97 Å². The summed E-state index contributed by atoms with van der Waals surface area (Å²) in [7, 11) is 1.16. The van der Waals surface area contributed by atoms with Crippen molar-refractivity contribution >= 4 is 22.9 Å². The van der Waals surface area contributed by atoms with Gasteiger partial charge < -0.3 is 9.72 Å². The van der Waals surface area contributed by atoms with Crippen LogP contribution in [-0.4, -0.2) is 36.1 Å². The van der Waals surface area contributed by atoms with Gasteiger partial charge in [0.15, 0.2) is 0 Å². The number of fused-ring (bicyclic) bond motifs is 1. The molecule has 1 aliphatic rings. The molecule has 1 N–H and O–H groups in total. The molecule has 4 rings (SSSR count). The van der Waals surface area contributed by atoms with E-state index < -0.39 is 11.8 Å². The minimum atomic E-state index is -0.943. The number of carbonyl (C=O) groups excluding carboxylic acids is 1. The standard InChI is InChI=1S/C15H18FNO2.C9H9N.2C2H6/c1-19-15(18)14(16)10-12-4-6-13(7-5-12)11-17-8-2-3-9-17;1-7-6-10-9-5-3-2-4-8(7)9;2*1-2/h4-7,10H,2-3,8-9,11H2,1H3;2-6,10H,1H3;2*1-2H3/b14-10-;;;. The highest BCUT2D eigenvalue weighted by Crippen LogP contribution is 2.16. The lowest BCUT2D eigenvalue weighted by molar-refractivity contribution is -0.137. The molecule has 0 unspecified atom stereocenters. The van der Waals surface area contributed by atoms with Gasteiger partial charge in [-0.25, -0.2) is 4.79 Å². The molecule has 33 heavy (non-hydrogen) atoms. The summed E-state index contributed by atoms with van der Waals surface area (Å²) in [4.78, 5) is 16.5. The Morgan fingerprint density at radius 1 is 1.03 bits per heavy atom. The van der Waals surface area contributed by atoms with Gasteiger partial charge in [0, 0.05) is 23.6 Å². The molecule has 2 heterocycles. The van der Waals surface area contributed by atoms with Crippen LogP contribution in [0, 0.1) is 6.92 Å². The van der Waals surface area contributed by atoms with Gasteiger partial charge in [-0.1, -0.05) is 70.2 Å². The molecule has 0 aliphatic carbocycles. The second-order valence-corrected chi connectivity index (χ2v) is 7.23. The minimum absolute atomic E-state index is 0.660. The number of para-hydroxylation sites is 1. The van der Waals surface area contributed by atoms with E-state index in [1.807, 2.05) is 64.2 Å². The lowest BCUT2D eigenvalue weighted by atomic mass is 10.1. The van der Waals surface area contributed by atoms with Gasteiger partial charge in [0.05, 0.1) is 7.11 Å². The van der Waals surface area contributed by atoms with Crippen LogP contribution in [0.2, 0.25) is 0 Å². The van der Waals surface area contributed by atoms with Gasteiger partial charge in [-0.15, -0.1) is 0 Å². The number of hydrogen-bond acceptors (Lipinski definition) is 3. The zero-order chi connectivity index (χ0) is 24.6. The molecular formula is C28H39FN2O2. The van der Waals surface area contributed by atoms with Crippen molar-refractivity contribution in [3.8, 4) is 0 Å². The molecule has 5 heteroatoms. The number of nitrogens with one attached hydrogen (secondary N) is 1. The average Bonchev–Trinajstić information content (AvgIpc) is 3.53. The maximum absolute atomic E-state index is 13.3. The smallest absolute Gasteiger partial charge is 0.366 e. The van der Waals surface area contributed by atoms with Crippen molar-refractivity contribution in [3.63, 3.8) is 0 Å². The zero-order valence-electron chi connectivity index (χ0n) is 21.0. The molecule has 1 aromatic heterocycles. The summed E-state index contributed by atoms with van der Waals surface area (Å²) in [6.07, 6.45) is 5.76. The number of aryl methyl sites for hydroxylation is 1. The lowest BCUT2D eigenvalue weighted by Gasteiger charge is -2.14. The number of rotatable bonds is 4. The number of ether oxygens (including phenoxy) is 1. The van der Waals surface area contributed by atoms with E-state index in [9.17, 15) is 9.18 Å². The van der Waals surface area contributed by atoms with E-state index in [4.69, 9.17) is 0 Å². The Bertz CT molecular complexity index is 971. The van der Waals surface area contributed by atoms with Crippen LogP contribution in [0.25, 0.3) is 17.0 Å². The molecule has 4 nitrogen and oxygen atoms in total. The van der Waals surface area contributed by atoms with Crippen molar-refractivity contribution in [1.82, 2.24) is 9.88 Å². The molecular weight excluding hydrogens is 415 g/mol. The van der Waals surface area contributed by atoms with Crippen LogP contribution in [0.1, 0.15) is 57.2 Å². The number of methoxy groups -OCH3 is 1. The predicted molar refractivity (Wildman–Crippen MR) is 138 cm³/mol. The Hall–Kier alpha value is -2.92. The topological polar surface area (TPSA) is 45.3 Å². The first-order chi connectivity index (χ1) is 16.1. The first-order valence-electron chi connectivity index (χ1n) is 11.9. The normalized spacial score (nSPS) is 13.1. The summed E-state index contributed by atoms with van der Waals surface area (Å²) in [6, 6.07) is 15.9. The molecule has 0 bridgehead atoms. The zero-order valence-corrected chi connectivity index (χ0v) is 21.0. The number of esters is 1. The third-order valence-electron chi connectivity index (χ3n) is 5.05. The van der Waals surface area contributed by atoms with Crippen molar-refractivity contribution in [2.24, 2.45) is 0 Å². The molecule has 0 saturated carbocycles. The number of aromatic amines is 1. The first-order valence-corrected chi connectivity index (χ1v) is 11.9. The van der Waals surface area contributed by atoms with E-state index in [2.05, 4.69) is 39.7 Å². The molecule has 0 atom stereocenters. The van der Waals surface area contributed by atoms with Gasteiger partial charge in [-0.3, -0.25) is 4.90 Å². The molecule has 0 radical (unpaired) electrons. The fourth-order valence-electron chi connectivity index (χ4n) is 3.44. The van der Waals surface area contributed by atoms with E-state index in [1.54, 1.807) is 0 Å². The number of nitrogens with zero attached hydrogens (tertiary/aromatic N) is 1. The molecule has 0 spiro atoms. The number of aromatic nitrogens is 1. The average molecular weight is 455 g/mol. The van der Waals surface area contributed by atoms with Crippen LogP contribution < -0.4 is 0 Å². The Balaban J connectivity index is 0.000000325. The van der Waals surface area contributed by atoms with Gasteiger partial charge in [0.25, 0.3) is 0 Å². The van der Waals surface area contributed by atoms with Gasteiger partial charge in [-0.2, -0.15) is 4.39 Å². The SMILES string of the molecule is CC.CC.COC(=O)/C(F)=C/c1ccc(CN2CCCC2)cc1.Cc1c[nH]c2ccccc12. The van der Waals surface area contributed by atoms with Crippen LogP contribution in [0.3, 0.4) is 0 Å². The Morgan fingerprint density at radius 3 is 2.21 bits per heavy atom.